The lowest BCUT2D eigenvalue weighted by atomic mass is 9.99. The molecule has 0 unspecified atom stereocenters. The second kappa shape index (κ2) is 11.0. The molecule has 51 heavy (non-hydrogen) atoms. The number of aromatic nitrogens is 2. The molecule has 4 heterocycles. The van der Waals surface area contributed by atoms with E-state index in [0.717, 1.165) is 61.3 Å². The van der Waals surface area contributed by atoms with Crippen LogP contribution in [-0.4, -0.2) is 9.55 Å². The van der Waals surface area contributed by atoms with Crippen molar-refractivity contribution in [3.63, 3.8) is 0 Å². The fourth-order valence-electron chi connectivity index (χ4n) is 7.86. The van der Waals surface area contributed by atoms with Gasteiger partial charge in [-0.05, 0) is 83.9 Å². The van der Waals surface area contributed by atoms with E-state index in [-0.39, 0.29) is 0 Å². The molecule has 238 valence electrons. The Bertz CT molecular complexity index is 3150. The second-order valence-corrected chi connectivity index (χ2v) is 14.2. The number of hydrogen-bond acceptors (Lipinski definition) is 3. The van der Waals surface area contributed by atoms with E-state index in [0.29, 0.717) is 0 Å². The van der Waals surface area contributed by atoms with E-state index in [1.54, 1.807) is 0 Å². The van der Waals surface area contributed by atoms with Crippen molar-refractivity contribution in [2.45, 2.75) is 0 Å². The molecule has 0 spiro atoms. The molecule has 0 fully saturated rings. The Morgan fingerprint density at radius 1 is 0.412 bits per heavy atom. The van der Waals surface area contributed by atoms with E-state index in [9.17, 15) is 0 Å². The monoisotopic (exact) mass is 668 g/mol. The average molecular weight is 669 g/mol. The largest absolute Gasteiger partial charge is 0.456 e. The standard InChI is InChI=1S/C47H28N2OS/c1-2-11-29(12-3-1)38-27-32(28-39(48-38)31-21-23-43-37(26-31)34-15-5-8-19-42(34)50-43)30-13-10-14-33(25-30)49-40-18-7-4-16-35(40)46-41(49)22-24-45-47(46)36-17-6-9-20-44(36)51-45/h1-28H. The number of nitrogens with zero attached hydrogens (tertiary/aromatic N) is 2. The summed E-state index contributed by atoms with van der Waals surface area (Å²) in [7, 11) is 0. The zero-order valence-corrected chi connectivity index (χ0v) is 28.2. The number of para-hydroxylation sites is 2. The van der Waals surface area contributed by atoms with E-state index < -0.39 is 0 Å². The minimum absolute atomic E-state index is 0.881. The SMILES string of the molecule is c1ccc(-c2cc(-c3cccc(-n4c5ccccc5c5c6c(ccc54)sc4ccccc46)c3)cc(-c3ccc4oc5ccccc5c4c3)n2)cc1. The summed E-state index contributed by atoms with van der Waals surface area (Å²) in [6.45, 7) is 0. The van der Waals surface area contributed by atoms with Gasteiger partial charge in [-0.2, -0.15) is 0 Å². The van der Waals surface area contributed by atoms with Crippen molar-refractivity contribution in [3.05, 3.63) is 170 Å². The maximum Gasteiger partial charge on any atom is 0.135 e. The summed E-state index contributed by atoms with van der Waals surface area (Å²) < 4.78 is 11.2. The lowest BCUT2D eigenvalue weighted by molar-refractivity contribution is 0.669. The molecule has 0 N–H and O–H groups in total. The van der Waals surface area contributed by atoms with Crippen LogP contribution in [0.1, 0.15) is 0 Å². The van der Waals surface area contributed by atoms with Gasteiger partial charge in [-0.25, -0.2) is 4.98 Å². The van der Waals surface area contributed by atoms with E-state index in [2.05, 4.69) is 156 Å². The smallest absolute Gasteiger partial charge is 0.135 e. The Hall–Kier alpha value is -6.49. The minimum Gasteiger partial charge on any atom is -0.456 e. The third-order valence-electron chi connectivity index (χ3n) is 10.2. The minimum atomic E-state index is 0.881. The summed E-state index contributed by atoms with van der Waals surface area (Å²) in [4.78, 5) is 5.24. The number of hydrogen-bond donors (Lipinski definition) is 0. The van der Waals surface area contributed by atoms with Crippen LogP contribution in [0.2, 0.25) is 0 Å². The fraction of sp³-hybridized carbons (Fsp3) is 0. The summed E-state index contributed by atoms with van der Waals surface area (Å²) in [5.41, 5.74) is 11.6. The number of benzene rings is 7. The van der Waals surface area contributed by atoms with Gasteiger partial charge in [0.15, 0.2) is 0 Å². The van der Waals surface area contributed by atoms with Crippen LogP contribution in [0, 0.1) is 0 Å². The van der Waals surface area contributed by atoms with Crippen molar-refractivity contribution in [1.82, 2.24) is 9.55 Å². The Kier molecular flexibility index (Phi) is 6.12. The van der Waals surface area contributed by atoms with Crippen LogP contribution in [0.25, 0.3) is 103 Å². The fourth-order valence-corrected chi connectivity index (χ4v) is 8.98. The molecule has 0 amide bonds. The highest BCUT2D eigenvalue weighted by molar-refractivity contribution is 7.26. The van der Waals surface area contributed by atoms with E-state index in [1.165, 1.54) is 42.0 Å². The number of fused-ring (bicyclic) bond motifs is 10. The molecule has 0 saturated heterocycles. The summed E-state index contributed by atoms with van der Waals surface area (Å²) in [6.07, 6.45) is 0. The maximum absolute atomic E-state index is 6.16. The molecule has 0 radical (unpaired) electrons. The van der Waals surface area contributed by atoms with Gasteiger partial charge in [0.05, 0.1) is 22.4 Å². The Balaban J connectivity index is 1.12. The molecule has 11 rings (SSSR count). The van der Waals surface area contributed by atoms with Gasteiger partial charge in [0, 0.05) is 58.5 Å². The third kappa shape index (κ3) is 4.40. The molecule has 4 aromatic heterocycles. The van der Waals surface area contributed by atoms with Crippen molar-refractivity contribution in [2.24, 2.45) is 0 Å². The predicted octanol–water partition coefficient (Wildman–Crippen LogP) is 13.4. The van der Waals surface area contributed by atoms with Crippen molar-refractivity contribution in [1.29, 1.82) is 0 Å². The lowest BCUT2D eigenvalue weighted by Gasteiger charge is -2.13. The van der Waals surface area contributed by atoms with Crippen LogP contribution in [0.4, 0.5) is 0 Å². The zero-order valence-electron chi connectivity index (χ0n) is 27.4. The first kappa shape index (κ1) is 28.4. The molecule has 0 aliphatic heterocycles. The summed E-state index contributed by atoms with van der Waals surface area (Å²) in [5, 5.41) is 7.45. The van der Waals surface area contributed by atoms with Crippen LogP contribution in [-0.2, 0) is 0 Å². The van der Waals surface area contributed by atoms with Crippen LogP contribution in [0.5, 0.6) is 0 Å². The first-order valence-electron chi connectivity index (χ1n) is 17.2. The maximum atomic E-state index is 6.16. The molecule has 11 aromatic rings. The molecule has 0 atom stereocenters. The predicted molar refractivity (Wildman–Crippen MR) is 215 cm³/mol. The molecule has 0 aliphatic carbocycles. The zero-order chi connectivity index (χ0) is 33.5. The number of rotatable bonds is 4. The quantitative estimate of drug-likeness (QED) is 0.187. The lowest BCUT2D eigenvalue weighted by Crippen LogP contribution is -1.95. The third-order valence-corrected chi connectivity index (χ3v) is 11.3. The normalized spacial score (nSPS) is 11.9. The molecular weight excluding hydrogens is 641 g/mol. The highest BCUT2D eigenvalue weighted by Gasteiger charge is 2.18. The molecule has 0 saturated carbocycles. The number of thiophene rings is 1. The van der Waals surface area contributed by atoms with Crippen LogP contribution in [0.15, 0.2) is 174 Å². The topological polar surface area (TPSA) is 31.0 Å². The Morgan fingerprint density at radius 2 is 1.14 bits per heavy atom. The van der Waals surface area contributed by atoms with Crippen LogP contribution in [0.3, 0.4) is 0 Å². The Labute approximate surface area is 297 Å². The van der Waals surface area contributed by atoms with E-state index in [4.69, 9.17) is 9.40 Å². The summed E-state index contributed by atoms with van der Waals surface area (Å²) in [5.74, 6) is 0. The molecule has 0 aliphatic rings. The summed E-state index contributed by atoms with van der Waals surface area (Å²) >= 11 is 1.87. The Morgan fingerprint density at radius 3 is 2.04 bits per heavy atom. The molecule has 4 heteroatoms. The summed E-state index contributed by atoms with van der Waals surface area (Å²) in [6, 6.07) is 60.6. The van der Waals surface area contributed by atoms with Crippen molar-refractivity contribution < 1.29 is 4.42 Å². The van der Waals surface area contributed by atoms with E-state index >= 15 is 0 Å². The van der Waals surface area contributed by atoms with Crippen molar-refractivity contribution in [2.75, 3.05) is 0 Å². The number of pyridine rings is 1. The molecular formula is C47H28N2OS. The van der Waals surface area contributed by atoms with Gasteiger partial charge in [-0.3, -0.25) is 0 Å². The number of furan rings is 1. The average Bonchev–Trinajstić information content (AvgIpc) is 3.87. The highest BCUT2D eigenvalue weighted by atomic mass is 32.1. The molecule has 7 aromatic carbocycles. The van der Waals surface area contributed by atoms with Gasteiger partial charge >= 0.3 is 0 Å². The van der Waals surface area contributed by atoms with Crippen molar-refractivity contribution >= 4 is 75.3 Å². The van der Waals surface area contributed by atoms with Gasteiger partial charge in [0.25, 0.3) is 0 Å². The van der Waals surface area contributed by atoms with E-state index in [1.807, 2.05) is 29.5 Å². The molecule has 3 nitrogen and oxygen atoms in total. The highest BCUT2D eigenvalue weighted by Crippen LogP contribution is 2.44. The van der Waals surface area contributed by atoms with Gasteiger partial charge in [-0.15, -0.1) is 11.3 Å². The van der Waals surface area contributed by atoms with Gasteiger partial charge in [0.1, 0.15) is 11.2 Å². The van der Waals surface area contributed by atoms with Crippen LogP contribution < -0.4 is 0 Å². The molecule has 0 bridgehead atoms. The van der Waals surface area contributed by atoms with Gasteiger partial charge in [-0.1, -0.05) is 97.1 Å². The van der Waals surface area contributed by atoms with Gasteiger partial charge in [0.2, 0.25) is 0 Å². The second-order valence-electron chi connectivity index (χ2n) is 13.1. The van der Waals surface area contributed by atoms with Gasteiger partial charge < -0.3 is 8.98 Å². The first-order chi connectivity index (χ1) is 25.3. The van der Waals surface area contributed by atoms with Crippen LogP contribution >= 0.6 is 11.3 Å². The van der Waals surface area contributed by atoms with Crippen molar-refractivity contribution in [3.8, 4) is 39.3 Å². The first-order valence-corrected chi connectivity index (χ1v) is 18.0.